The summed E-state index contributed by atoms with van der Waals surface area (Å²) in [6.45, 7) is 3.78. The Balaban J connectivity index is 1.67. The zero-order valence-electron chi connectivity index (χ0n) is 17.8. The smallest absolute Gasteiger partial charge is 0.296 e. The Morgan fingerprint density at radius 2 is 1.72 bits per heavy atom. The van der Waals surface area contributed by atoms with E-state index in [2.05, 4.69) is 25.3 Å². The Morgan fingerprint density at radius 3 is 2.38 bits per heavy atom. The molecule has 0 aliphatic carbocycles. The standard InChI is InChI=1S/C20H24F2N8O2/c1-23-12-10-29(11-12)19-25-18(28-6-8-32-9-7-28)26-20(27-19)30-13-4-3-5-14(31-2)15(13)24-17(30)16(21)22/h3-5,12,16,23H,6-11H2,1-2H3. The number of aromatic nitrogens is 5. The van der Waals surface area contributed by atoms with Crippen LogP contribution in [-0.4, -0.2) is 84.1 Å². The Bertz CT molecular complexity index is 1110. The number of methoxy groups -OCH3 is 1. The van der Waals surface area contributed by atoms with Crippen LogP contribution in [0.5, 0.6) is 5.75 Å². The summed E-state index contributed by atoms with van der Waals surface area (Å²) in [4.78, 5) is 22.0. The van der Waals surface area contributed by atoms with E-state index in [1.54, 1.807) is 18.2 Å². The number of alkyl halides is 2. The average Bonchev–Trinajstić information content (AvgIpc) is 3.19. The van der Waals surface area contributed by atoms with Gasteiger partial charge in [-0.05, 0) is 19.2 Å². The summed E-state index contributed by atoms with van der Waals surface area (Å²) in [5, 5.41) is 3.21. The van der Waals surface area contributed by atoms with E-state index in [4.69, 9.17) is 9.47 Å². The van der Waals surface area contributed by atoms with Gasteiger partial charge in [0.15, 0.2) is 5.82 Å². The molecule has 2 saturated heterocycles. The molecule has 2 fully saturated rings. The lowest BCUT2D eigenvalue weighted by atomic mass is 10.1. The first kappa shape index (κ1) is 20.8. The lowest BCUT2D eigenvalue weighted by molar-refractivity contribution is 0.122. The molecule has 2 aliphatic rings. The van der Waals surface area contributed by atoms with Gasteiger partial charge in [0.25, 0.3) is 6.43 Å². The minimum absolute atomic E-state index is 0.107. The number of hydrogen-bond acceptors (Lipinski definition) is 9. The van der Waals surface area contributed by atoms with Gasteiger partial charge in [0, 0.05) is 32.2 Å². The third-order valence-electron chi connectivity index (χ3n) is 5.76. The number of morpholine rings is 1. The van der Waals surface area contributed by atoms with Crippen LogP contribution in [-0.2, 0) is 4.74 Å². The molecule has 4 heterocycles. The summed E-state index contributed by atoms with van der Waals surface area (Å²) < 4.78 is 40.1. The average molecular weight is 446 g/mol. The number of benzene rings is 1. The van der Waals surface area contributed by atoms with Crippen molar-refractivity contribution in [3.8, 4) is 11.7 Å². The van der Waals surface area contributed by atoms with Crippen LogP contribution in [0.15, 0.2) is 18.2 Å². The number of imidazole rings is 1. The van der Waals surface area contributed by atoms with Crippen LogP contribution in [0.3, 0.4) is 0 Å². The van der Waals surface area contributed by atoms with Crippen LogP contribution in [0.1, 0.15) is 12.2 Å². The molecular weight excluding hydrogens is 422 g/mol. The van der Waals surface area contributed by atoms with Gasteiger partial charge in [-0.25, -0.2) is 13.8 Å². The molecule has 170 valence electrons. The van der Waals surface area contributed by atoms with Crippen molar-refractivity contribution in [2.24, 2.45) is 0 Å². The third kappa shape index (κ3) is 3.58. The Hall–Kier alpha value is -3.12. The third-order valence-corrected chi connectivity index (χ3v) is 5.76. The first-order valence-corrected chi connectivity index (χ1v) is 10.4. The maximum Gasteiger partial charge on any atom is 0.296 e. The number of fused-ring (bicyclic) bond motifs is 1. The molecule has 10 nitrogen and oxygen atoms in total. The predicted molar refractivity (Wildman–Crippen MR) is 114 cm³/mol. The van der Waals surface area contributed by atoms with Gasteiger partial charge in [0.2, 0.25) is 17.8 Å². The largest absolute Gasteiger partial charge is 0.494 e. The second-order valence-electron chi connectivity index (χ2n) is 7.66. The van der Waals surface area contributed by atoms with E-state index in [9.17, 15) is 8.78 Å². The number of nitrogens with zero attached hydrogens (tertiary/aromatic N) is 7. The van der Waals surface area contributed by atoms with E-state index < -0.39 is 12.2 Å². The van der Waals surface area contributed by atoms with Crippen LogP contribution < -0.4 is 19.9 Å². The van der Waals surface area contributed by atoms with Gasteiger partial charge in [-0.1, -0.05) is 6.07 Å². The van der Waals surface area contributed by atoms with Crippen molar-refractivity contribution in [3.05, 3.63) is 24.0 Å². The fraction of sp³-hybridized carbons (Fsp3) is 0.500. The molecule has 0 radical (unpaired) electrons. The summed E-state index contributed by atoms with van der Waals surface area (Å²) in [5.74, 6) is 0.964. The van der Waals surface area contributed by atoms with E-state index in [0.717, 1.165) is 13.1 Å². The topological polar surface area (TPSA) is 93.5 Å². The predicted octanol–water partition coefficient (Wildman–Crippen LogP) is 1.40. The monoisotopic (exact) mass is 446 g/mol. The molecular formula is C20H24F2N8O2. The molecule has 0 unspecified atom stereocenters. The van der Waals surface area contributed by atoms with Gasteiger partial charge >= 0.3 is 0 Å². The highest BCUT2D eigenvalue weighted by atomic mass is 19.3. The fourth-order valence-corrected chi connectivity index (χ4v) is 3.93. The van der Waals surface area contributed by atoms with Gasteiger partial charge in [-0.2, -0.15) is 15.0 Å². The number of halogens is 2. The van der Waals surface area contributed by atoms with E-state index >= 15 is 0 Å². The summed E-state index contributed by atoms with van der Waals surface area (Å²) in [6.07, 6.45) is -2.82. The summed E-state index contributed by atoms with van der Waals surface area (Å²) in [7, 11) is 3.38. The minimum atomic E-state index is -2.82. The molecule has 0 atom stereocenters. The highest BCUT2D eigenvalue weighted by Gasteiger charge is 2.31. The van der Waals surface area contributed by atoms with Crippen molar-refractivity contribution in [1.82, 2.24) is 29.8 Å². The van der Waals surface area contributed by atoms with Gasteiger partial charge in [-0.3, -0.25) is 4.57 Å². The Kier molecular flexibility index (Phi) is 5.47. The van der Waals surface area contributed by atoms with E-state index in [1.165, 1.54) is 11.7 Å². The molecule has 0 saturated carbocycles. The lowest BCUT2D eigenvalue weighted by Gasteiger charge is -2.39. The first-order chi connectivity index (χ1) is 15.6. The second-order valence-corrected chi connectivity index (χ2v) is 7.66. The molecule has 2 aliphatic heterocycles. The van der Waals surface area contributed by atoms with Crippen molar-refractivity contribution >= 4 is 22.9 Å². The minimum Gasteiger partial charge on any atom is -0.494 e. The summed E-state index contributed by atoms with van der Waals surface area (Å²) >= 11 is 0. The van der Waals surface area contributed by atoms with Gasteiger partial charge < -0.3 is 24.6 Å². The van der Waals surface area contributed by atoms with Crippen LogP contribution in [0.4, 0.5) is 20.7 Å². The Labute approximate surface area is 183 Å². The molecule has 1 aromatic carbocycles. The molecule has 0 spiro atoms. The number of nitrogens with one attached hydrogen (secondary N) is 1. The molecule has 3 aromatic rings. The van der Waals surface area contributed by atoms with Crippen molar-refractivity contribution in [3.63, 3.8) is 0 Å². The molecule has 1 N–H and O–H groups in total. The number of ether oxygens (including phenoxy) is 2. The maximum atomic E-state index is 14.0. The van der Waals surface area contributed by atoms with E-state index in [0.29, 0.717) is 61.0 Å². The van der Waals surface area contributed by atoms with Crippen LogP contribution in [0, 0.1) is 0 Å². The van der Waals surface area contributed by atoms with Crippen molar-refractivity contribution in [1.29, 1.82) is 0 Å². The van der Waals surface area contributed by atoms with Crippen LogP contribution in [0.2, 0.25) is 0 Å². The number of hydrogen-bond donors (Lipinski definition) is 1. The SMILES string of the molecule is CNC1CN(c2nc(N3CCOCC3)nc(-n3c(C(F)F)nc4c(OC)cccc43)n2)C1. The first-order valence-electron chi connectivity index (χ1n) is 10.4. The zero-order chi connectivity index (χ0) is 22.2. The lowest BCUT2D eigenvalue weighted by Crippen LogP contribution is -2.57. The second kappa shape index (κ2) is 8.43. The van der Waals surface area contributed by atoms with Crippen LogP contribution >= 0.6 is 0 Å². The van der Waals surface area contributed by atoms with E-state index in [-0.39, 0.29) is 5.95 Å². The molecule has 2 aromatic heterocycles. The Morgan fingerprint density at radius 1 is 1.03 bits per heavy atom. The highest BCUT2D eigenvalue weighted by Crippen LogP contribution is 2.32. The van der Waals surface area contributed by atoms with Crippen molar-refractivity contribution < 1.29 is 18.3 Å². The number of rotatable bonds is 6. The molecule has 0 bridgehead atoms. The van der Waals surface area contributed by atoms with Gasteiger partial charge in [0.1, 0.15) is 11.3 Å². The number of para-hydroxylation sites is 1. The molecule has 12 heteroatoms. The molecule has 32 heavy (non-hydrogen) atoms. The van der Waals surface area contributed by atoms with E-state index in [1.807, 2.05) is 16.8 Å². The van der Waals surface area contributed by atoms with Gasteiger partial charge in [-0.15, -0.1) is 0 Å². The summed E-state index contributed by atoms with van der Waals surface area (Å²) in [6, 6.07) is 5.45. The summed E-state index contributed by atoms with van der Waals surface area (Å²) in [5.41, 5.74) is 0.779. The van der Waals surface area contributed by atoms with Crippen molar-refractivity contribution in [2.75, 3.05) is 63.4 Å². The molecule has 0 amide bonds. The van der Waals surface area contributed by atoms with Crippen molar-refractivity contribution in [2.45, 2.75) is 12.5 Å². The van der Waals surface area contributed by atoms with Crippen LogP contribution in [0.25, 0.3) is 17.0 Å². The van der Waals surface area contributed by atoms with Gasteiger partial charge in [0.05, 0.1) is 25.8 Å². The number of likely N-dealkylation sites (N-methyl/N-ethyl adjacent to an activating group) is 1. The number of anilines is 2. The zero-order valence-corrected chi connectivity index (χ0v) is 17.8. The molecule has 5 rings (SSSR count). The maximum absolute atomic E-state index is 14.0. The highest BCUT2D eigenvalue weighted by molar-refractivity contribution is 5.84. The normalized spacial score (nSPS) is 17.3. The fourth-order valence-electron chi connectivity index (χ4n) is 3.93. The quantitative estimate of drug-likeness (QED) is 0.603.